The first-order valence-electron chi connectivity index (χ1n) is 10.5. The van der Waals surface area contributed by atoms with Crippen LogP contribution in [-0.2, 0) is 9.53 Å². The van der Waals surface area contributed by atoms with Crippen molar-refractivity contribution in [3.05, 3.63) is 48.2 Å². The highest BCUT2D eigenvalue weighted by molar-refractivity contribution is 5.98. The number of methoxy groups -OCH3 is 1. The van der Waals surface area contributed by atoms with E-state index in [1.54, 1.807) is 25.4 Å². The maximum atomic E-state index is 12.3. The molecule has 0 aliphatic carbocycles. The summed E-state index contributed by atoms with van der Waals surface area (Å²) >= 11 is 0. The van der Waals surface area contributed by atoms with Gasteiger partial charge in [-0.15, -0.1) is 0 Å². The number of benzene rings is 2. The van der Waals surface area contributed by atoms with Crippen LogP contribution in [0.25, 0.3) is 33.3 Å². The number of hydrogen-bond donors (Lipinski definition) is 2. The SMILES string of the molecule is CNC(=O)c1ccc2c(c1)nc(-c1ccc3cn[nH]c3c1)n2C(CC(=O)OC)C(C)(C)C. The van der Waals surface area contributed by atoms with Crippen molar-refractivity contribution in [3.63, 3.8) is 0 Å². The van der Waals surface area contributed by atoms with Crippen molar-refractivity contribution >= 4 is 33.8 Å². The Labute approximate surface area is 186 Å². The monoisotopic (exact) mass is 433 g/mol. The molecule has 1 unspecified atom stereocenters. The highest BCUT2D eigenvalue weighted by Gasteiger charge is 2.32. The molecule has 0 aliphatic heterocycles. The molecule has 4 rings (SSSR count). The third-order valence-electron chi connectivity index (χ3n) is 5.78. The lowest BCUT2D eigenvalue weighted by Crippen LogP contribution is -2.28. The molecule has 1 atom stereocenters. The molecule has 8 heteroatoms. The molecule has 4 aromatic rings. The van der Waals surface area contributed by atoms with Crippen LogP contribution in [0.3, 0.4) is 0 Å². The second-order valence-corrected chi connectivity index (χ2v) is 8.92. The van der Waals surface area contributed by atoms with Gasteiger partial charge in [-0.05, 0) is 29.7 Å². The van der Waals surface area contributed by atoms with Crippen molar-refractivity contribution in [2.75, 3.05) is 14.2 Å². The van der Waals surface area contributed by atoms with Gasteiger partial charge in [-0.1, -0.05) is 32.9 Å². The van der Waals surface area contributed by atoms with Gasteiger partial charge < -0.3 is 14.6 Å². The summed E-state index contributed by atoms with van der Waals surface area (Å²) in [4.78, 5) is 29.5. The third-order valence-corrected chi connectivity index (χ3v) is 5.78. The molecule has 0 spiro atoms. The van der Waals surface area contributed by atoms with Crippen LogP contribution < -0.4 is 5.32 Å². The number of carbonyl (C=O) groups is 2. The number of nitrogens with zero attached hydrogens (tertiary/aromatic N) is 3. The van der Waals surface area contributed by atoms with Gasteiger partial charge in [0.2, 0.25) is 0 Å². The van der Waals surface area contributed by atoms with Crippen LogP contribution in [0.4, 0.5) is 0 Å². The van der Waals surface area contributed by atoms with Gasteiger partial charge in [0, 0.05) is 23.6 Å². The second-order valence-electron chi connectivity index (χ2n) is 8.92. The minimum absolute atomic E-state index is 0.177. The van der Waals surface area contributed by atoms with E-state index in [0.29, 0.717) is 11.1 Å². The minimum atomic E-state index is -0.288. The van der Waals surface area contributed by atoms with Crippen LogP contribution in [0.2, 0.25) is 0 Å². The van der Waals surface area contributed by atoms with Crippen molar-refractivity contribution < 1.29 is 14.3 Å². The van der Waals surface area contributed by atoms with Gasteiger partial charge in [0.15, 0.2) is 0 Å². The number of H-pyrrole nitrogens is 1. The molecular weight excluding hydrogens is 406 g/mol. The third kappa shape index (κ3) is 3.84. The zero-order valence-electron chi connectivity index (χ0n) is 18.9. The van der Waals surface area contributed by atoms with E-state index in [1.807, 2.05) is 24.3 Å². The van der Waals surface area contributed by atoms with Crippen LogP contribution in [0.15, 0.2) is 42.6 Å². The molecule has 32 heavy (non-hydrogen) atoms. The number of aromatic amines is 1. The molecular formula is C24H27N5O3. The lowest BCUT2D eigenvalue weighted by molar-refractivity contribution is -0.142. The molecule has 2 N–H and O–H groups in total. The molecule has 2 aromatic heterocycles. The average molecular weight is 434 g/mol. The van der Waals surface area contributed by atoms with Gasteiger partial charge >= 0.3 is 5.97 Å². The summed E-state index contributed by atoms with van der Waals surface area (Å²) in [7, 11) is 3.00. The summed E-state index contributed by atoms with van der Waals surface area (Å²) in [5.74, 6) is 0.252. The summed E-state index contributed by atoms with van der Waals surface area (Å²) in [6.45, 7) is 6.27. The van der Waals surface area contributed by atoms with Gasteiger partial charge in [0.1, 0.15) is 5.82 Å². The van der Waals surface area contributed by atoms with E-state index in [9.17, 15) is 9.59 Å². The largest absolute Gasteiger partial charge is 0.469 e. The fraction of sp³-hybridized carbons (Fsp3) is 0.333. The fourth-order valence-electron chi connectivity index (χ4n) is 4.01. The van der Waals surface area contributed by atoms with Crippen molar-refractivity contribution in [1.29, 1.82) is 0 Å². The summed E-state index contributed by atoms with van der Waals surface area (Å²) in [5, 5.41) is 10.8. The summed E-state index contributed by atoms with van der Waals surface area (Å²) in [6.07, 6.45) is 1.97. The lowest BCUT2D eigenvalue weighted by atomic mass is 9.84. The van der Waals surface area contributed by atoms with Gasteiger partial charge in [0.05, 0.1) is 42.3 Å². The number of esters is 1. The Hall–Kier alpha value is -3.68. The quantitative estimate of drug-likeness (QED) is 0.462. The predicted molar refractivity (Wildman–Crippen MR) is 123 cm³/mol. The molecule has 2 aromatic carbocycles. The molecule has 0 radical (unpaired) electrons. The normalized spacial score (nSPS) is 12.8. The van der Waals surface area contributed by atoms with Crippen LogP contribution in [0, 0.1) is 5.41 Å². The number of carbonyl (C=O) groups excluding carboxylic acids is 2. The fourth-order valence-corrected chi connectivity index (χ4v) is 4.01. The summed E-state index contributed by atoms with van der Waals surface area (Å²) < 4.78 is 7.10. The maximum Gasteiger partial charge on any atom is 0.307 e. The van der Waals surface area contributed by atoms with Crippen LogP contribution in [0.1, 0.15) is 43.6 Å². The molecule has 1 amide bonds. The molecule has 0 saturated carbocycles. The average Bonchev–Trinajstić information content (AvgIpc) is 3.39. The Balaban J connectivity index is 1.99. The van der Waals surface area contributed by atoms with E-state index in [1.165, 1.54) is 7.11 Å². The molecule has 166 valence electrons. The summed E-state index contributed by atoms with van der Waals surface area (Å²) in [6, 6.07) is 11.2. The zero-order chi connectivity index (χ0) is 23.0. The molecule has 0 bridgehead atoms. The van der Waals surface area contributed by atoms with Gasteiger partial charge in [-0.3, -0.25) is 14.7 Å². The number of ether oxygens (including phenoxy) is 1. The second kappa shape index (κ2) is 8.11. The van der Waals surface area contributed by atoms with Crippen LogP contribution in [0.5, 0.6) is 0 Å². The van der Waals surface area contributed by atoms with E-state index in [2.05, 4.69) is 40.9 Å². The van der Waals surface area contributed by atoms with Crippen molar-refractivity contribution in [2.45, 2.75) is 33.2 Å². The van der Waals surface area contributed by atoms with E-state index in [-0.39, 0.29) is 29.8 Å². The van der Waals surface area contributed by atoms with Gasteiger partial charge in [0.25, 0.3) is 5.91 Å². The molecule has 0 fully saturated rings. The standard InChI is InChI=1S/C24H27N5O3/c1-24(2,3)20(12-21(30)32-5)29-19-9-8-15(23(31)25-4)11-18(19)27-22(29)14-6-7-16-13-26-28-17(16)10-14/h6-11,13,20H,12H2,1-5H3,(H,25,31)(H,26,28). The molecule has 0 aliphatic rings. The van der Waals surface area contributed by atoms with Crippen molar-refractivity contribution in [3.8, 4) is 11.4 Å². The van der Waals surface area contributed by atoms with Crippen molar-refractivity contribution in [2.24, 2.45) is 5.41 Å². The summed E-state index contributed by atoms with van der Waals surface area (Å²) in [5.41, 5.74) is 3.58. The Morgan fingerprint density at radius 1 is 1.19 bits per heavy atom. The first-order valence-corrected chi connectivity index (χ1v) is 10.5. The molecule has 8 nitrogen and oxygen atoms in total. The Kier molecular flexibility index (Phi) is 5.46. The van der Waals surface area contributed by atoms with Crippen molar-refractivity contribution in [1.82, 2.24) is 25.1 Å². The van der Waals surface area contributed by atoms with Gasteiger partial charge in [-0.25, -0.2) is 4.98 Å². The van der Waals surface area contributed by atoms with E-state index in [4.69, 9.17) is 9.72 Å². The zero-order valence-corrected chi connectivity index (χ0v) is 18.9. The Morgan fingerprint density at radius 3 is 2.66 bits per heavy atom. The number of rotatable bonds is 5. The maximum absolute atomic E-state index is 12.3. The number of fused-ring (bicyclic) bond motifs is 2. The highest BCUT2D eigenvalue weighted by atomic mass is 16.5. The lowest BCUT2D eigenvalue weighted by Gasteiger charge is -2.33. The molecule has 2 heterocycles. The first kappa shape index (κ1) is 21.5. The Bertz CT molecular complexity index is 1310. The highest BCUT2D eigenvalue weighted by Crippen LogP contribution is 2.40. The van der Waals surface area contributed by atoms with E-state index < -0.39 is 0 Å². The first-order chi connectivity index (χ1) is 15.2. The van der Waals surface area contributed by atoms with E-state index in [0.717, 1.165) is 27.8 Å². The van der Waals surface area contributed by atoms with E-state index >= 15 is 0 Å². The number of aromatic nitrogens is 4. The number of nitrogens with one attached hydrogen (secondary N) is 2. The smallest absolute Gasteiger partial charge is 0.307 e. The minimum Gasteiger partial charge on any atom is -0.469 e. The number of hydrogen-bond acceptors (Lipinski definition) is 5. The Morgan fingerprint density at radius 2 is 1.97 bits per heavy atom. The van der Waals surface area contributed by atoms with Crippen LogP contribution in [-0.4, -0.2) is 45.8 Å². The van der Waals surface area contributed by atoms with Crippen LogP contribution >= 0.6 is 0 Å². The number of amides is 1. The topological polar surface area (TPSA) is 102 Å². The molecule has 0 saturated heterocycles. The predicted octanol–water partition coefficient (Wildman–Crippen LogP) is 4.09. The number of imidazole rings is 1. The van der Waals surface area contributed by atoms with Gasteiger partial charge in [-0.2, -0.15) is 5.10 Å².